The van der Waals surface area contributed by atoms with Gasteiger partial charge in [0.2, 0.25) is 12.3 Å². The second kappa shape index (κ2) is 3.50. The van der Waals surface area contributed by atoms with Gasteiger partial charge in [-0.05, 0) is 5.75 Å². The first-order valence-corrected chi connectivity index (χ1v) is 3.91. The lowest BCUT2D eigenvalue weighted by Gasteiger charge is -1.87. The Morgan fingerprint density at radius 2 is 2.67 bits per heavy atom. The van der Waals surface area contributed by atoms with Crippen molar-refractivity contribution in [3.8, 4) is 0 Å². The molecule has 1 rings (SSSR count). The van der Waals surface area contributed by atoms with Gasteiger partial charge in [0, 0.05) is 0 Å². The van der Waals surface area contributed by atoms with Crippen molar-refractivity contribution >= 4 is 11.8 Å². The first-order chi connectivity index (χ1) is 4.43. The minimum Gasteiger partial charge on any atom is -0.427 e. The summed E-state index contributed by atoms with van der Waals surface area (Å²) >= 11 is 1.77. The highest BCUT2D eigenvalue weighted by Crippen LogP contribution is 2.06. The first-order valence-electron chi connectivity index (χ1n) is 2.76. The molecule has 0 saturated heterocycles. The Kier molecular flexibility index (Phi) is 2.57. The molecule has 0 unspecified atom stereocenters. The molecule has 0 N–H and O–H groups in total. The third-order valence-corrected chi connectivity index (χ3v) is 1.69. The lowest BCUT2D eigenvalue weighted by atomic mass is 10.8. The topological polar surface area (TPSA) is 38.9 Å². The highest BCUT2D eigenvalue weighted by molar-refractivity contribution is 7.98. The minimum atomic E-state index is 0.710. The summed E-state index contributed by atoms with van der Waals surface area (Å²) in [6, 6.07) is 0. The zero-order valence-corrected chi connectivity index (χ0v) is 6.02. The van der Waals surface area contributed by atoms with E-state index in [1.807, 2.05) is 0 Å². The molecule has 0 radical (unpaired) electrons. The van der Waals surface area contributed by atoms with Gasteiger partial charge >= 0.3 is 0 Å². The molecule has 1 aromatic heterocycles. The summed E-state index contributed by atoms with van der Waals surface area (Å²) in [6.07, 6.45) is 1.35. The molecule has 0 aromatic carbocycles. The molecular weight excluding hydrogens is 136 g/mol. The molecule has 0 spiro atoms. The second-order valence-electron chi connectivity index (χ2n) is 1.47. The summed E-state index contributed by atoms with van der Waals surface area (Å²) in [6.45, 7) is 2.10. The zero-order chi connectivity index (χ0) is 6.53. The molecule has 0 atom stereocenters. The van der Waals surface area contributed by atoms with Crippen molar-refractivity contribution in [1.82, 2.24) is 10.2 Å². The first kappa shape index (κ1) is 6.61. The van der Waals surface area contributed by atoms with E-state index in [2.05, 4.69) is 17.1 Å². The van der Waals surface area contributed by atoms with Crippen LogP contribution in [0.1, 0.15) is 12.8 Å². The van der Waals surface area contributed by atoms with Gasteiger partial charge in [0.1, 0.15) is 0 Å². The van der Waals surface area contributed by atoms with Crippen molar-refractivity contribution in [2.45, 2.75) is 12.7 Å². The minimum absolute atomic E-state index is 0.710. The Morgan fingerprint density at radius 3 is 3.22 bits per heavy atom. The molecule has 4 heteroatoms. The molecule has 1 aromatic rings. The van der Waals surface area contributed by atoms with Gasteiger partial charge in [-0.25, -0.2) is 0 Å². The van der Waals surface area contributed by atoms with Crippen LogP contribution in [0.3, 0.4) is 0 Å². The van der Waals surface area contributed by atoms with Gasteiger partial charge in [-0.2, -0.15) is 11.8 Å². The average Bonchev–Trinajstić information content (AvgIpc) is 2.34. The summed E-state index contributed by atoms with van der Waals surface area (Å²) in [5.41, 5.74) is 0. The molecule has 3 nitrogen and oxygen atoms in total. The van der Waals surface area contributed by atoms with Crippen LogP contribution in [0.4, 0.5) is 0 Å². The van der Waals surface area contributed by atoms with Crippen molar-refractivity contribution in [2.75, 3.05) is 5.75 Å². The molecule has 0 bridgehead atoms. The largest absolute Gasteiger partial charge is 0.427 e. The fraction of sp³-hybridized carbons (Fsp3) is 0.600. The van der Waals surface area contributed by atoms with E-state index in [4.69, 9.17) is 4.42 Å². The van der Waals surface area contributed by atoms with Crippen LogP contribution in [0, 0.1) is 0 Å². The predicted molar refractivity (Wildman–Crippen MR) is 36.1 cm³/mol. The second-order valence-corrected chi connectivity index (χ2v) is 2.74. The van der Waals surface area contributed by atoms with Crippen LogP contribution in [-0.2, 0) is 5.75 Å². The molecule has 0 saturated carbocycles. The van der Waals surface area contributed by atoms with E-state index < -0.39 is 0 Å². The highest BCUT2D eigenvalue weighted by atomic mass is 32.2. The van der Waals surface area contributed by atoms with Gasteiger partial charge in [0.05, 0.1) is 5.75 Å². The standard InChI is InChI=1S/C5H8N2OS/c1-2-9-3-5-7-6-4-8-5/h4H,2-3H2,1H3. The summed E-state index contributed by atoms with van der Waals surface area (Å²) in [4.78, 5) is 0. The molecule has 0 aliphatic rings. The van der Waals surface area contributed by atoms with Gasteiger partial charge in [0.15, 0.2) is 0 Å². The number of aromatic nitrogens is 2. The molecule has 0 amide bonds. The van der Waals surface area contributed by atoms with Crippen LogP contribution in [-0.4, -0.2) is 16.0 Å². The third kappa shape index (κ3) is 2.05. The molecular formula is C5H8N2OS. The van der Waals surface area contributed by atoms with E-state index in [0.717, 1.165) is 11.5 Å². The lowest BCUT2D eigenvalue weighted by molar-refractivity contribution is 0.514. The van der Waals surface area contributed by atoms with Gasteiger partial charge in [0.25, 0.3) is 0 Å². The predicted octanol–water partition coefficient (Wildman–Crippen LogP) is 1.32. The van der Waals surface area contributed by atoms with Crippen LogP contribution in [0.25, 0.3) is 0 Å². The molecule has 0 aliphatic heterocycles. The Balaban J connectivity index is 2.30. The summed E-state index contributed by atoms with van der Waals surface area (Å²) in [5.74, 6) is 2.63. The van der Waals surface area contributed by atoms with Crippen LogP contribution >= 0.6 is 11.8 Å². The van der Waals surface area contributed by atoms with E-state index in [0.29, 0.717) is 5.89 Å². The average molecular weight is 144 g/mol. The van der Waals surface area contributed by atoms with Crippen molar-refractivity contribution < 1.29 is 4.42 Å². The van der Waals surface area contributed by atoms with Gasteiger partial charge in [-0.3, -0.25) is 0 Å². The Bertz CT molecular complexity index is 152. The maximum atomic E-state index is 4.89. The van der Waals surface area contributed by atoms with Crippen LogP contribution in [0.5, 0.6) is 0 Å². The van der Waals surface area contributed by atoms with E-state index in [-0.39, 0.29) is 0 Å². The Labute approximate surface area is 57.9 Å². The number of rotatable bonds is 3. The van der Waals surface area contributed by atoms with Crippen molar-refractivity contribution in [1.29, 1.82) is 0 Å². The molecule has 0 fully saturated rings. The fourth-order valence-corrected chi connectivity index (χ4v) is 0.953. The van der Waals surface area contributed by atoms with E-state index in [9.17, 15) is 0 Å². The summed E-state index contributed by atoms with van der Waals surface area (Å²) < 4.78 is 4.89. The Hall–Kier alpha value is -0.510. The van der Waals surface area contributed by atoms with Gasteiger partial charge in [-0.1, -0.05) is 6.92 Å². The molecule has 0 aliphatic carbocycles. The lowest BCUT2D eigenvalue weighted by Crippen LogP contribution is -1.79. The summed E-state index contributed by atoms with van der Waals surface area (Å²) in [5, 5.41) is 7.26. The fourth-order valence-electron chi connectivity index (χ4n) is 0.448. The number of nitrogens with zero attached hydrogens (tertiary/aromatic N) is 2. The monoisotopic (exact) mass is 144 g/mol. The maximum absolute atomic E-state index is 4.89. The van der Waals surface area contributed by atoms with Crippen molar-refractivity contribution in [3.05, 3.63) is 12.3 Å². The van der Waals surface area contributed by atoms with Crippen LogP contribution < -0.4 is 0 Å². The zero-order valence-electron chi connectivity index (χ0n) is 5.20. The smallest absolute Gasteiger partial charge is 0.226 e. The molecule has 50 valence electrons. The molecule has 1 heterocycles. The van der Waals surface area contributed by atoms with Gasteiger partial charge in [-0.15, -0.1) is 10.2 Å². The van der Waals surface area contributed by atoms with Gasteiger partial charge < -0.3 is 4.42 Å². The summed E-state index contributed by atoms with van der Waals surface area (Å²) in [7, 11) is 0. The molecule has 9 heavy (non-hydrogen) atoms. The van der Waals surface area contributed by atoms with Crippen LogP contribution in [0.2, 0.25) is 0 Å². The van der Waals surface area contributed by atoms with E-state index in [1.165, 1.54) is 6.39 Å². The Morgan fingerprint density at radius 1 is 1.78 bits per heavy atom. The van der Waals surface area contributed by atoms with Crippen molar-refractivity contribution in [3.63, 3.8) is 0 Å². The number of hydrogen-bond donors (Lipinski definition) is 0. The highest BCUT2D eigenvalue weighted by Gasteiger charge is 1.94. The van der Waals surface area contributed by atoms with E-state index in [1.54, 1.807) is 11.8 Å². The third-order valence-electron chi connectivity index (χ3n) is 0.835. The quantitative estimate of drug-likeness (QED) is 0.641. The number of hydrogen-bond acceptors (Lipinski definition) is 4. The van der Waals surface area contributed by atoms with E-state index >= 15 is 0 Å². The number of thioether (sulfide) groups is 1. The SMILES string of the molecule is CCSCc1nnco1. The maximum Gasteiger partial charge on any atom is 0.226 e. The van der Waals surface area contributed by atoms with Crippen LogP contribution in [0.15, 0.2) is 10.8 Å². The van der Waals surface area contributed by atoms with Crippen molar-refractivity contribution in [2.24, 2.45) is 0 Å². The normalized spacial score (nSPS) is 9.89.